The molecule has 0 aliphatic carbocycles. The van der Waals surface area contributed by atoms with Crippen LogP contribution in [0.5, 0.6) is 0 Å². The van der Waals surface area contributed by atoms with E-state index >= 15 is 0 Å². The van der Waals surface area contributed by atoms with E-state index in [0.717, 1.165) is 29.3 Å². The highest BCUT2D eigenvalue weighted by Crippen LogP contribution is 2.22. The summed E-state index contributed by atoms with van der Waals surface area (Å²) in [6.45, 7) is 8.72. The summed E-state index contributed by atoms with van der Waals surface area (Å²) in [6.07, 6.45) is 2.30. The highest BCUT2D eigenvalue weighted by molar-refractivity contribution is 9.10. The molecule has 2 atom stereocenters. The van der Waals surface area contributed by atoms with Gasteiger partial charge < -0.3 is 10.2 Å². The topological polar surface area (TPSA) is 32.3 Å². The lowest BCUT2D eigenvalue weighted by Crippen LogP contribution is -2.40. The van der Waals surface area contributed by atoms with E-state index in [4.69, 9.17) is 11.6 Å². The number of carbonyl (C=O) groups excluding carboxylic acids is 1. The Morgan fingerprint density at radius 1 is 1.36 bits per heavy atom. The quantitative estimate of drug-likeness (QED) is 0.768. The average Bonchev–Trinajstić information content (AvgIpc) is 2.45. The van der Waals surface area contributed by atoms with Crippen molar-refractivity contribution in [2.45, 2.75) is 26.7 Å². The number of amides is 1. The Kier molecular flexibility index (Phi) is 6.72. The van der Waals surface area contributed by atoms with Gasteiger partial charge in [0.15, 0.2) is 0 Å². The molecule has 1 fully saturated rings. The van der Waals surface area contributed by atoms with E-state index in [1.165, 1.54) is 19.5 Å². The lowest BCUT2D eigenvalue weighted by atomic mass is 9.92. The van der Waals surface area contributed by atoms with E-state index in [9.17, 15) is 4.79 Å². The van der Waals surface area contributed by atoms with Crippen LogP contribution in [0.25, 0.3) is 0 Å². The monoisotopic (exact) mass is 386 g/mol. The van der Waals surface area contributed by atoms with E-state index in [1.807, 2.05) is 6.07 Å². The number of carbonyl (C=O) groups is 1. The third-order valence-corrected chi connectivity index (χ3v) is 4.88. The first-order chi connectivity index (χ1) is 10.5. The Morgan fingerprint density at radius 2 is 2.05 bits per heavy atom. The zero-order chi connectivity index (χ0) is 16.1. The highest BCUT2D eigenvalue weighted by Gasteiger charge is 2.21. The molecule has 1 heterocycles. The molecule has 3 nitrogen and oxygen atoms in total. The molecule has 0 aromatic heterocycles. The Balaban J connectivity index is 1.74. The second-order valence-electron chi connectivity index (χ2n) is 6.44. The van der Waals surface area contributed by atoms with Crippen molar-refractivity contribution in [3.05, 3.63) is 33.3 Å². The molecule has 1 aliphatic rings. The molecule has 22 heavy (non-hydrogen) atoms. The van der Waals surface area contributed by atoms with Gasteiger partial charge in [-0.1, -0.05) is 41.4 Å². The summed E-state index contributed by atoms with van der Waals surface area (Å²) in [5.74, 6) is 1.45. The molecule has 122 valence electrons. The first kappa shape index (κ1) is 17.8. The summed E-state index contributed by atoms with van der Waals surface area (Å²) in [7, 11) is 0. The van der Waals surface area contributed by atoms with Gasteiger partial charge in [0.2, 0.25) is 0 Å². The lowest BCUT2D eigenvalue weighted by Gasteiger charge is -2.34. The Morgan fingerprint density at radius 3 is 2.73 bits per heavy atom. The SMILES string of the molecule is C[C@@H]1C[C@H](C)CN(CCCNC(=O)c2cc(Br)ccc2Cl)C1. The molecule has 5 heteroatoms. The maximum absolute atomic E-state index is 12.1. The lowest BCUT2D eigenvalue weighted by molar-refractivity contribution is 0.0947. The number of piperidine rings is 1. The van der Waals surface area contributed by atoms with Crippen LogP contribution in [0.1, 0.15) is 37.0 Å². The fourth-order valence-corrected chi connectivity index (χ4v) is 3.81. The molecule has 2 rings (SSSR count). The van der Waals surface area contributed by atoms with Crippen LogP contribution in [0.15, 0.2) is 22.7 Å². The highest BCUT2D eigenvalue weighted by atomic mass is 79.9. The van der Waals surface area contributed by atoms with Crippen LogP contribution in [-0.2, 0) is 0 Å². The maximum Gasteiger partial charge on any atom is 0.252 e. The third kappa shape index (κ3) is 5.25. The molecule has 0 radical (unpaired) electrons. The van der Waals surface area contributed by atoms with Crippen molar-refractivity contribution in [2.75, 3.05) is 26.2 Å². The standard InChI is InChI=1S/C17H24BrClN2O/c1-12-8-13(2)11-21(10-12)7-3-6-20-17(22)15-9-14(18)4-5-16(15)19/h4-5,9,12-13H,3,6-8,10-11H2,1-2H3,(H,20,22)/t12-,13+. The number of nitrogens with zero attached hydrogens (tertiary/aromatic N) is 1. The van der Waals surface area contributed by atoms with Gasteiger partial charge in [0, 0.05) is 24.1 Å². The number of likely N-dealkylation sites (tertiary alicyclic amines) is 1. The number of halogens is 2. The van der Waals surface area contributed by atoms with Crippen LogP contribution >= 0.6 is 27.5 Å². The average molecular weight is 388 g/mol. The maximum atomic E-state index is 12.1. The van der Waals surface area contributed by atoms with Crippen molar-refractivity contribution < 1.29 is 4.79 Å². The van der Waals surface area contributed by atoms with Gasteiger partial charge in [-0.05, 0) is 49.4 Å². The van der Waals surface area contributed by atoms with Gasteiger partial charge in [0.05, 0.1) is 10.6 Å². The number of rotatable bonds is 5. The Bertz CT molecular complexity index is 513. The smallest absolute Gasteiger partial charge is 0.252 e. The molecule has 0 bridgehead atoms. The van der Waals surface area contributed by atoms with Gasteiger partial charge in [-0.15, -0.1) is 0 Å². The number of benzene rings is 1. The molecular weight excluding hydrogens is 364 g/mol. The van der Waals surface area contributed by atoms with Crippen molar-refractivity contribution in [1.82, 2.24) is 10.2 Å². The zero-order valence-electron chi connectivity index (χ0n) is 13.2. The molecular formula is C17H24BrClN2O. The van der Waals surface area contributed by atoms with Crippen LogP contribution in [0.4, 0.5) is 0 Å². The normalized spacial score (nSPS) is 22.5. The fourth-order valence-electron chi connectivity index (χ4n) is 3.25. The predicted octanol–water partition coefficient (Wildman–Crippen LogP) is 4.20. The summed E-state index contributed by atoms with van der Waals surface area (Å²) < 4.78 is 0.860. The number of hydrogen-bond donors (Lipinski definition) is 1. The van der Waals surface area contributed by atoms with E-state index in [2.05, 4.69) is 40.0 Å². The summed E-state index contributed by atoms with van der Waals surface area (Å²) in [5.41, 5.74) is 0.524. The van der Waals surface area contributed by atoms with Crippen LogP contribution in [0.2, 0.25) is 5.02 Å². The minimum atomic E-state index is -0.105. The summed E-state index contributed by atoms with van der Waals surface area (Å²) in [4.78, 5) is 14.7. The Hall–Kier alpha value is -0.580. The van der Waals surface area contributed by atoms with Gasteiger partial charge in [-0.3, -0.25) is 4.79 Å². The molecule has 0 spiro atoms. The van der Waals surface area contributed by atoms with Crippen molar-refractivity contribution in [2.24, 2.45) is 11.8 Å². The van der Waals surface area contributed by atoms with Crippen LogP contribution in [0, 0.1) is 11.8 Å². The predicted molar refractivity (Wildman–Crippen MR) is 95.5 cm³/mol. The summed E-state index contributed by atoms with van der Waals surface area (Å²) in [5, 5.41) is 3.44. The number of nitrogens with one attached hydrogen (secondary N) is 1. The molecule has 1 amide bonds. The van der Waals surface area contributed by atoms with Crippen molar-refractivity contribution >= 4 is 33.4 Å². The van der Waals surface area contributed by atoms with E-state index in [-0.39, 0.29) is 5.91 Å². The van der Waals surface area contributed by atoms with Gasteiger partial charge in [-0.25, -0.2) is 0 Å². The van der Waals surface area contributed by atoms with E-state index < -0.39 is 0 Å². The molecule has 1 aromatic rings. The first-order valence-corrected chi connectivity index (χ1v) is 9.08. The van der Waals surface area contributed by atoms with Gasteiger partial charge in [-0.2, -0.15) is 0 Å². The second kappa shape index (κ2) is 8.32. The molecule has 1 aromatic carbocycles. The summed E-state index contributed by atoms with van der Waals surface area (Å²) >= 11 is 9.43. The van der Waals surface area contributed by atoms with Gasteiger partial charge in [0.25, 0.3) is 5.91 Å². The fraction of sp³-hybridized carbons (Fsp3) is 0.588. The van der Waals surface area contributed by atoms with E-state index in [1.54, 1.807) is 12.1 Å². The minimum Gasteiger partial charge on any atom is -0.352 e. The summed E-state index contributed by atoms with van der Waals surface area (Å²) in [6, 6.07) is 5.32. The minimum absolute atomic E-state index is 0.105. The van der Waals surface area contributed by atoms with Crippen LogP contribution in [0.3, 0.4) is 0 Å². The largest absolute Gasteiger partial charge is 0.352 e. The first-order valence-electron chi connectivity index (χ1n) is 7.91. The third-order valence-electron chi connectivity index (χ3n) is 4.05. The van der Waals surface area contributed by atoms with Crippen molar-refractivity contribution in [1.29, 1.82) is 0 Å². The number of hydrogen-bond acceptors (Lipinski definition) is 2. The van der Waals surface area contributed by atoms with Crippen molar-refractivity contribution in [3.8, 4) is 0 Å². The molecule has 1 aliphatic heterocycles. The molecule has 1 N–H and O–H groups in total. The van der Waals surface area contributed by atoms with Crippen LogP contribution < -0.4 is 5.32 Å². The molecule has 1 saturated heterocycles. The van der Waals surface area contributed by atoms with E-state index in [0.29, 0.717) is 17.1 Å². The van der Waals surface area contributed by atoms with Gasteiger partial charge in [0.1, 0.15) is 0 Å². The molecule has 0 saturated carbocycles. The van der Waals surface area contributed by atoms with Crippen molar-refractivity contribution in [3.63, 3.8) is 0 Å². The zero-order valence-corrected chi connectivity index (χ0v) is 15.6. The second-order valence-corrected chi connectivity index (χ2v) is 7.76. The molecule has 0 unspecified atom stereocenters. The Labute approximate surface area is 146 Å². The van der Waals surface area contributed by atoms with Crippen LogP contribution in [-0.4, -0.2) is 37.0 Å². The van der Waals surface area contributed by atoms with Gasteiger partial charge >= 0.3 is 0 Å².